The van der Waals surface area contributed by atoms with Gasteiger partial charge in [-0.3, -0.25) is 4.79 Å². The number of ketones is 1. The smallest absolute Gasteiger partial charge is 0.137 e. The molecule has 3 saturated carbocycles. The molecule has 3 nitrogen and oxygen atoms in total. The Labute approximate surface area is 151 Å². The van der Waals surface area contributed by atoms with E-state index in [2.05, 4.69) is 26.0 Å². The maximum absolute atomic E-state index is 12.9. The predicted molar refractivity (Wildman–Crippen MR) is 97.2 cm³/mol. The van der Waals surface area contributed by atoms with Gasteiger partial charge < -0.3 is 9.47 Å². The third-order valence-electron chi connectivity index (χ3n) is 7.29. The highest BCUT2D eigenvalue weighted by molar-refractivity contribution is 5.84. The van der Waals surface area contributed by atoms with Crippen molar-refractivity contribution in [3.63, 3.8) is 0 Å². The number of fused-ring (bicyclic) bond motifs is 1. The standard InChI is InChI=1S/C22H30O3/c1-20(2)18-17(23)10-7-11-21(18)12-13-22(15-21,24-3)19(20)25-14-16-8-5-4-6-9-16/h4-6,8-9,18-19H,7,10-15H2,1-3H3/t18-,19+,21+,22+/m0/s1. The predicted octanol–water partition coefficient (Wildman–Crippen LogP) is 4.54. The molecule has 2 bridgehead atoms. The Hall–Kier alpha value is -1.19. The van der Waals surface area contributed by atoms with Gasteiger partial charge in [0.15, 0.2) is 0 Å². The van der Waals surface area contributed by atoms with Crippen LogP contribution in [-0.4, -0.2) is 24.6 Å². The van der Waals surface area contributed by atoms with Crippen molar-refractivity contribution in [3.8, 4) is 0 Å². The Morgan fingerprint density at radius 3 is 2.60 bits per heavy atom. The fourth-order valence-electron chi connectivity index (χ4n) is 6.60. The van der Waals surface area contributed by atoms with Gasteiger partial charge in [-0.1, -0.05) is 44.2 Å². The molecule has 0 N–H and O–H groups in total. The second kappa shape index (κ2) is 5.92. The fraction of sp³-hybridized carbons (Fsp3) is 0.682. The van der Waals surface area contributed by atoms with E-state index >= 15 is 0 Å². The Balaban J connectivity index is 1.68. The van der Waals surface area contributed by atoms with Crippen molar-refractivity contribution in [1.29, 1.82) is 0 Å². The first kappa shape index (κ1) is 17.2. The lowest BCUT2D eigenvalue weighted by Crippen LogP contribution is -2.63. The van der Waals surface area contributed by atoms with Crippen LogP contribution in [0.5, 0.6) is 0 Å². The molecule has 4 rings (SSSR count). The van der Waals surface area contributed by atoms with Crippen molar-refractivity contribution in [1.82, 2.24) is 0 Å². The maximum Gasteiger partial charge on any atom is 0.137 e. The monoisotopic (exact) mass is 342 g/mol. The van der Waals surface area contributed by atoms with Gasteiger partial charge in [0.25, 0.3) is 0 Å². The summed E-state index contributed by atoms with van der Waals surface area (Å²) in [6, 6.07) is 10.3. The molecule has 0 unspecified atom stereocenters. The molecule has 1 spiro atoms. The van der Waals surface area contributed by atoms with Crippen LogP contribution in [0.3, 0.4) is 0 Å². The molecule has 0 aromatic heterocycles. The summed E-state index contributed by atoms with van der Waals surface area (Å²) in [4.78, 5) is 12.9. The average Bonchev–Trinajstić information content (AvgIpc) is 2.91. The molecule has 3 heteroatoms. The first-order chi connectivity index (χ1) is 11.9. The molecule has 3 aliphatic rings. The number of ether oxygens (including phenoxy) is 2. The van der Waals surface area contributed by atoms with E-state index in [9.17, 15) is 4.79 Å². The molecule has 0 radical (unpaired) electrons. The van der Waals surface area contributed by atoms with Crippen LogP contribution in [0.15, 0.2) is 30.3 Å². The van der Waals surface area contributed by atoms with Gasteiger partial charge in [-0.05, 0) is 43.1 Å². The van der Waals surface area contributed by atoms with Crippen molar-refractivity contribution >= 4 is 5.78 Å². The topological polar surface area (TPSA) is 35.5 Å². The molecule has 0 heterocycles. The zero-order valence-electron chi connectivity index (χ0n) is 15.7. The zero-order chi connectivity index (χ0) is 17.7. The number of benzene rings is 1. The van der Waals surface area contributed by atoms with Gasteiger partial charge in [0.05, 0.1) is 18.3 Å². The Morgan fingerprint density at radius 2 is 1.88 bits per heavy atom. The lowest BCUT2D eigenvalue weighted by Gasteiger charge is -2.58. The van der Waals surface area contributed by atoms with Gasteiger partial charge in [-0.2, -0.15) is 0 Å². The van der Waals surface area contributed by atoms with Crippen molar-refractivity contribution < 1.29 is 14.3 Å². The minimum Gasteiger partial charge on any atom is -0.375 e. The maximum atomic E-state index is 12.9. The van der Waals surface area contributed by atoms with Gasteiger partial charge in [0.2, 0.25) is 0 Å². The largest absolute Gasteiger partial charge is 0.375 e. The van der Waals surface area contributed by atoms with E-state index in [0.717, 1.165) is 32.1 Å². The normalized spacial score (nSPS) is 39.2. The van der Waals surface area contributed by atoms with Crippen LogP contribution in [0.2, 0.25) is 0 Å². The van der Waals surface area contributed by atoms with Gasteiger partial charge >= 0.3 is 0 Å². The summed E-state index contributed by atoms with van der Waals surface area (Å²) >= 11 is 0. The van der Waals surface area contributed by atoms with Crippen LogP contribution >= 0.6 is 0 Å². The van der Waals surface area contributed by atoms with E-state index in [4.69, 9.17) is 9.47 Å². The number of carbonyl (C=O) groups excluding carboxylic acids is 1. The summed E-state index contributed by atoms with van der Waals surface area (Å²) in [5.41, 5.74) is 0.875. The van der Waals surface area contributed by atoms with Crippen LogP contribution in [0, 0.1) is 16.7 Å². The molecular weight excluding hydrogens is 312 g/mol. The van der Waals surface area contributed by atoms with Crippen molar-refractivity contribution in [2.45, 2.75) is 70.7 Å². The van der Waals surface area contributed by atoms with Gasteiger partial charge in [0, 0.05) is 24.9 Å². The van der Waals surface area contributed by atoms with Crippen LogP contribution in [0.25, 0.3) is 0 Å². The number of hydrogen-bond acceptors (Lipinski definition) is 3. The average molecular weight is 342 g/mol. The van der Waals surface area contributed by atoms with Crippen molar-refractivity contribution in [2.75, 3.05) is 7.11 Å². The highest BCUT2D eigenvalue weighted by Gasteiger charge is 2.69. The van der Waals surface area contributed by atoms with Gasteiger partial charge in [0.1, 0.15) is 5.78 Å². The van der Waals surface area contributed by atoms with Crippen LogP contribution in [0.4, 0.5) is 0 Å². The van der Waals surface area contributed by atoms with Crippen molar-refractivity contribution in [3.05, 3.63) is 35.9 Å². The molecule has 1 aromatic rings. The van der Waals surface area contributed by atoms with Crippen molar-refractivity contribution in [2.24, 2.45) is 16.7 Å². The Morgan fingerprint density at radius 1 is 1.12 bits per heavy atom. The molecule has 0 amide bonds. The lowest BCUT2D eigenvalue weighted by atomic mass is 9.49. The zero-order valence-corrected chi connectivity index (χ0v) is 15.7. The summed E-state index contributed by atoms with van der Waals surface area (Å²) in [6.45, 7) is 5.06. The molecule has 0 aliphatic heterocycles. The van der Waals surface area contributed by atoms with E-state index in [1.165, 1.54) is 12.0 Å². The van der Waals surface area contributed by atoms with E-state index < -0.39 is 0 Å². The summed E-state index contributed by atoms with van der Waals surface area (Å²) < 4.78 is 12.7. The second-order valence-electron chi connectivity index (χ2n) is 9.06. The van der Waals surface area contributed by atoms with Crippen LogP contribution < -0.4 is 0 Å². The van der Waals surface area contributed by atoms with Crippen LogP contribution in [0.1, 0.15) is 57.9 Å². The minimum absolute atomic E-state index is 0.0483. The molecular formula is C22H30O3. The van der Waals surface area contributed by atoms with E-state index in [1.54, 1.807) is 0 Å². The highest BCUT2D eigenvalue weighted by Crippen LogP contribution is 2.68. The Kier molecular flexibility index (Phi) is 4.08. The quantitative estimate of drug-likeness (QED) is 0.806. The SMILES string of the molecule is CO[C@@]12CC[C@]3(CCCC(=O)[C@H]3C(C)(C)[C@H]1OCc1ccccc1)C2. The summed E-state index contributed by atoms with van der Waals surface area (Å²) in [6.07, 6.45) is 6.00. The molecule has 25 heavy (non-hydrogen) atoms. The third kappa shape index (κ3) is 2.50. The van der Waals surface area contributed by atoms with Gasteiger partial charge in [-0.25, -0.2) is 0 Å². The highest BCUT2D eigenvalue weighted by atomic mass is 16.5. The third-order valence-corrected chi connectivity index (χ3v) is 7.29. The van der Waals surface area contributed by atoms with Crippen LogP contribution in [-0.2, 0) is 20.9 Å². The number of rotatable bonds is 4. The fourth-order valence-corrected chi connectivity index (χ4v) is 6.60. The number of methoxy groups -OCH3 is 1. The molecule has 3 aliphatic carbocycles. The van der Waals surface area contributed by atoms with E-state index in [1.807, 2.05) is 25.3 Å². The summed E-state index contributed by atoms with van der Waals surface area (Å²) in [7, 11) is 1.83. The molecule has 3 fully saturated rings. The second-order valence-corrected chi connectivity index (χ2v) is 9.06. The minimum atomic E-state index is -0.244. The first-order valence-corrected chi connectivity index (χ1v) is 9.67. The number of Topliss-reactive ketones (excluding diaryl/α,β-unsaturated/α-hetero) is 1. The number of hydrogen-bond donors (Lipinski definition) is 0. The molecule has 136 valence electrons. The Bertz CT molecular complexity index is 652. The first-order valence-electron chi connectivity index (χ1n) is 9.67. The molecule has 0 saturated heterocycles. The van der Waals surface area contributed by atoms with E-state index in [-0.39, 0.29) is 28.5 Å². The summed E-state index contributed by atoms with van der Waals surface area (Å²) in [5.74, 6) is 0.566. The lowest BCUT2D eigenvalue weighted by molar-refractivity contribution is -0.225. The van der Waals surface area contributed by atoms with Gasteiger partial charge in [-0.15, -0.1) is 0 Å². The number of carbonyl (C=O) groups is 1. The molecule has 4 atom stereocenters. The van der Waals surface area contributed by atoms with E-state index in [0.29, 0.717) is 12.4 Å². The summed E-state index contributed by atoms with van der Waals surface area (Å²) in [5, 5.41) is 0. The molecule has 1 aromatic carbocycles.